The van der Waals surface area contributed by atoms with Crippen LogP contribution < -0.4 is 0 Å². The maximum Gasteiger partial charge on any atom is 0.000356 e. The van der Waals surface area contributed by atoms with Crippen molar-refractivity contribution in [3.05, 3.63) is 24.3 Å². The van der Waals surface area contributed by atoms with Crippen LogP contribution in [0.4, 0.5) is 0 Å². The zero-order valence-electron chi connectivity index (χ0n) is 29.3. The van der Waals surface area contributed by atoms with Crippen molar-refractivity contribution in [1.82, 2.24) is 4.90 Å². The van der Waals surface area contributed by atoms with E-state index in [9.17, 15) is 0 Å². The fourth-order valence-corrected chi connectivity index (χ4v) is 6.20. The molecule has 0 amide bonds. The SMILES string of the molecule is CCCCCCCC/C=C\CCCCCCCCC(CCCCCCCC/C=C\CCCCCCCC)CN(C)C. The molecule has 0 aromatic heterocycles. The van der Waals surface area contributed by atoms with Crippen LogP contribution in [-0.2, 0) is 0 Å². The minimum absolute atomic E-state index is 0.915. The monoisotopic (exact) mass is 574 g/mol. The van der Waals surface area contributed by atoms with E-state index in [0.29, 0.717) is 0 Å². The lowest BCUT2D eigenvalue weighted by Crippen LogP contribution is -2.21. The molecule has 0 aromatic carbocycles. The van der Waals surface area contributed by atoms with Crippen LogP contribution in [0.3, 0.4) is 0 Å². The van der Waals surface area contributed by atoms with E-state index in [0.717, 1.165) is 5.92 Å². The van der Waals surface area contributed by atoms with Gasteiger partial charge in [-0.25, -0.2) is 0 Å². The summed E-state index contributed by atoms with van der Waals surface area (Å²) in [5.41, 5.74) is 0. The van der Waals surface area contributed by atoms with Gasteiger partial charge in [-0.15, -0.1) is 0 Å². The van der Waals surface area contributed by atoms with Crippen molar-refractivity contribution in [3.63, 3.8) is 0 Å². The minimum Gasteiger partial charge on any atom is -0.309 e. The summed E-state index contributed by atoms with van der Waals surface area (Å²) in [5.74, 6) is 0.915. The molecule has 0 unspecified atom stereocenters. The standard InChI is InChI=1S/C40H79N/c1-5-7-9-11-13-15-17-19-21-23-25-27-29-31-33-35-37-40(39-41(3)4)38-36-34-32-30-28-26-24-22-20-18-16-14-12-10-8-6-2/h19-22,40H,5-18,23-39H2,1-4H3/b21-19-,22-20-. The lowest BCUT2D eigenvalue weighted by Gasteiger charge is -2.21. The van der Waals surface area contributed by atoms with Crippen LogP contribution in [0.5, 0.6) is 0 Å². The van der Waals surface area contributed by atoms with E-state index >= 15 is 0 Å². The van der Waals surface area contributed by atoms with Crippen molar-refractivity contribution in [3.8, 4) is 0 Å². The first-order valence-corrected chi connectivity index (χ1v) is 19.1. The summed E-state index contributed by atoms with van der Waals surface area (Å²) >= 11 is 0. The Labute approximate surface area is 261 Å². The van der Waals surface area contributed by atoms with E-state index in [4.69, 9.17) is 0 Å². The van der Waals surface area contributed by atoms with Crippen LogP contribution in [0.15, 0.2) is 24.3 Å². The number of unbranched alkanes of at least 4 members (excludes halogenated alkanes) is 24. The van der Waals surface area contributed by atoms with E-state index < -0.39 is 0 Å². The molecule has 0 saturated carbocycles. The quantitative estimate of drug-likeness (QED) is 0.0546. The molecule has 1 nitrogen and oxygen atoms in total. The van der Waals surface area contributed by atoms with Gasteiger partial charge < -0.3 is 4.90 Å². The van der Waals surface area contributed by atoms with E-state index in [2.05, 4.69) is 57.1 Å². The summed E-state index contributed by atoms with van der Waals surface area (Å²) < 4.78 is 0. The molecule has 0 radical (unpaired) electrons. The molecule has 0 aliphatic rings. The average molecular weight is 574 g/mol. The smallest absolute Gasteiger partial charge is 0.000356 e. The van der Waals surface area contributed by atoms with Gasteiger partial charge in [0.25, 0.3) is 0 Å². The van der Waals surface area contributed by atoms with Gasteiger partial charge in [-0.3, -0.25) is 0 Å². The Hall–Kier alpha value is -0.560. The molecule has 0 aromatic rings. The molecule has 0 bridgehead atoms. The van der Waals surface area contributed by atoms with Gasteiger partial charge in [-0.05, 0) is 84.2 Å². The van der Waals surface area contributed by atoms with Crippen LogP contribution in [0.25, 0.3) is 0 Å². The largest absolute Gasteiger partial charge is 0.309 e. The van der Waals surface area contributed by atoms with Gasteiger partial charge in [0.2, 0.25) is 0 Å². The second-order valence-corrected chi connectivity index (χ2v) is 13.6. The zero-order chi connectivity index (χ0) is 29.9. The maximum atomic E-state index is 2.45. The zero-order valence-corrected chi connectivity index (χ0v) is 29.3. The van der Waals surface area contributed by atoms with E-state index in [-0.39, 0.29) is 0 Å². The molecule has 0 aliphatic heterocycles. The Kier molecular flexibility index (Phi) is 35.1. The van der Waals surface area contributed by atoms with Gasteiger partial charge in [-0.1, -0.05) is 167 Å². The van der Waals surface area contributed by atoms with Gasteiger partial charge >= 0.3 is 0 Å². The third-order valence-electron chi connectivity index (χ3n) is 8.87. The van der Waals surface area contributed by atoms with Gasteiger partial charge in [-0.2, -0.15) is 0 Å². The van der Waals surface area contributed by atoms with E-state index in [1.54, 1.807) is 0 Å². The first-order valence-electron chi connectivity index (χ1n) is 19.1. The van der Waals surface area contributed by atoms with Crippen LogP contribution in [0, 0.1) is 5.92 Å². The number of nitrogens with zero attached hydrogens (tertiary/aromatic N) is 1. The van der Waals surface area contributed by atoms with Gasteiger partial charge in [0.15, 0.2) is 0 Å². The number of rotatable bonds is 34. The lowest BCUT2D eigenvalue weighted by atomic mass is 9.93. The third-order valence-corrected chi connectivity index (χ3v) is 8.87. The normalized spacial score (nSPS) is 12.2. The molecular weight excluding hydrogens is 494 g/mol. The van der Waals surface area contributed by atoms with E-state index in [1.165, 1.54) is 199 Å². The fourth-order valence-electron chi connectivity index (χ4n) is 6.20. The Balaban J connectivity index is 3.55. The van der Waals surface area contributed by atoms with Gasteiger partial charge in [0.1, 0.15) is 0 Å². The summed E-state index contributed by atoms with van der Waals surface area (Å²) in [6.07, 6.45) is 52.1. The fraction of sp³-hybridized carbons (Fsp3) is 0.900. The van der Waals surface area contributed by atoms with Crippen molar-refractivity contribution in [1.29, 1.82) is 0 Å². The second kappa shape index (κ2) is 35.6. The van der Waals surface area contributed by atoms with Gasteiger partial charge in [0.05, 0.1) is 0 Å². The molecule has 0 spiro atoms. The van der Waals surface area contributed by atoms with Gasteiger partial charge in [0, 0.05) is 6.54 Å². The Bertz CT molecular complexity index is 477. The first-order chi connectivity index (χ1) is 20.2. The average Bonchev–Trinajstić information content (AvgIpc) is 2.96. The van der Waals surface area contributed by atoms with Crippen molar-refractivity contribution < 1.29 is 0 Å². The molecule has 0 heterocycles. The summed E-state index contributed by atoms with van der Waals surface area (Å²) in [6, 6.07) is 0. The second-order valence-electron chi connectivity index (χ2n) is 13.6. The highest BCUT2D eigenvalue weighted by atomic mass is 15.1. The van der Waals surface area contributed by atoms with Crippen molar-refractivity contribution in [2.24, 2.45) is 5.92 Å². The predicted octanol–water partition coefficient (Wildman–Crippen LogP) is 14.0. The van der Waals surface area contributed by atoms with Crippen molar-refractivity contribution in [2.45, 2.75) is 206 Å². The highest BCUT2D eigenvalue weighted by molar-refractivity contribution is 4.82. The molecular formula is C40H79N. The summed E-state index contributed by atoms with van der Waals surface area (Å²) in [7, 11) is 4.52. The van der Waals surface area contributed by atoms with Crippen LogP contribution in [0.1, 0.15) is 206 Å². The molecule has 0 atom stereocenters. The molecule has 0 N–H and O–H groups in total. The summed E-state index contributed by atoms with van der Waals surface area (Å²) in [4.78, 5) is 2.42. The molecule has 0 rings (SSSR count). The molecule has 244 valence electrons. The highest BCUT2D eigenvalue weighted by Gasteiger charge is 2.09. The minimum atomic E-state index is 0.915. The maximum absolute atomic E-state index is 2.45. The lowest BCUT2D eigenvalue weighted by molar-refractivity contribution is 0.286. The molecule has 41 heavy (non-hydrogen) atoms. The van der Waals surface area contributed by atoms with Crippen LogP contribution in [0.2, 0.25) is 0 Å². The third kappa shape index (κ3) is 35.5. The Morgan fingerprint density at radius 3 is 0.927 bits per heavy atom. The molecule has 1 heteroatoms. The number of allylic oxidation sites excluding steroid dienone is 4. The van der Waals surface area contributed by atoms with Crippen molar-refractivity contribution in [2.75, 3.05) is 20.6 Å². The first kappa shape index (κ1) is 40.4. The number of hydrogen-bond acceptors (Lipinski definition) is 1. The van der Waals surface area contributed by atoms with Crippen molar-refractivity contribution >= 4 is 0 Å². The highest BCUT2D eigenvalue weighted by Crippen LogP contribution is 2.20. The van der Waals surface area contributed by atoms with Crippen LogP contribution >= 0.6 is 0 Å². The van der Waals surface area contributed by atoms with Crippen LogP contribution in [-0.4, -0.2) is 25.5 Å². The molecule has 0 aliphatic carbocycles. The summed E-state index contributed by atoms with van der Waals surface area (Å²) in [5, 5.41) is 0. The molecule has 0 saturated heterocycles. The van der Waals surface area contributed by atoms with E-state index in [1.807, 2.05) is 0 Å². The summed E-state index contributed by atoms with van der Waals surface area (Å²) in [6.45, 7) is 5.88. The number of hydrogen-bond donors (Lipinski definition) is 0. The Morgan fingerprint density at radius 1 is 0.366 bits per heavy atom. The molecule has 0 fully saturated rings. The predicted molar refractivity (Wildman–Crippen MR) is 190 cm³/mol. The topological polar surface area (TPSA) is 3.24 Å². The Morgan fingerprint density at radius 2 is 0.634 bits per heavy atom.